The number of aliphatic imine (C=N–C) groups is 1. The van der Waals surface area contributed by atoms with E-state index in [1.165, 1.54) is 23.5 Å². The van der Waals surface area contributed by atoms with Crippen molar-refractivity contribution in [3.05, 3.63) is 41.5 Å². The first-order valence-corrected chi connectivity index (χ1v) is 25.3. The van der Waals surface area contributed by atoms with E-state index in [0.29, 0.717) is 142 Å². The third kappa shape index (κ3) is 24.5. The van der Waals surface area contributed by atoms with Gasteiger partial charge in [0.2, 0.25) is 21.8 Å². The maximum atomic E-state index is 13.4. The predicted octanol–water partition coefficient (Wildman–Crippen LogP) is 2.09. The van der Waals surface area contributed by atoms with Crippen molar-refractivity contribution in [2.24, 2.45) is 10.7 Å². The lowest BCUT2D eigenvalue weighted by atomic mass is 10.1. The maximum absolute atomic E-state index is 13.4. The van der Waals surface area contributed by atoms with Crippen molar-refractivity contribution in [1.29, 1.82) is 0 Å². The zero-order valence-corrected chi connectivity index (χ0v) is 41.7. The maximum Gasteiger partial charge on any atom is 0.254 e. The fraction of sp³-hybridized carbons (Fsp3) is 0.681. The van der Waals surface area contributed by atoms with Crippen LogP contribution in [0.25, 0.3) is 6.08 Å². The molecule has 0 saturated carbocycles. The van der Waals surface area contributed by atoms with E-state index in [2.05, 4.69) is 10.3 Å². The molecule has 0 saturated heterocycles. The number of amides is 4. The van der Waals surface area contributed by atoms with Crippen molar-refractivity contribution in [3.63, 3.8) is 0 Å². The number of unbranched alkanes of at least 4 members (excludes halogenated alkanes) is 2. The number of carbonyl (C=O) groups excluding carboxylic acids is 4. The minimum atomic E-state index is -3.84. The number of rotatable bonds is 42. The van der Waals surface area contributed by atoms with Gasteiger partial charge in [0.05, 0.1) is 116 Å². The molecule has 2 aliphatic heterocycles. The van der Waals surface area contributed by atoms with Crippen molar-refractivity contribution in [1.82, 2.24) is 19.4 Å². The number of likely N-dealkylation sites (N-methyl/N-ethyl adjacent to an activating group) is 1. The Morgan fingerprint density at radius 1 is 0.667 bits per heavy atom. The van der Waals surface area contributed by atoms with Gasteiger partial charge in [0.15, 0.2) is 0 Å². The molecule has 22 heteroatoms. The lowest BCUT2D eigenvalue weighted by molar-refractivity contribution is -0.141. The van der Waals surface area contributed by atoms with Gasteiger partial charge in [0, 0.05) is 76.1 Å². The SMILES string of the molecule is CCCN(CCC)C(=O)C1=Cc2ccc(S(=O)(=O)N(C)CCOCCOCCOCCOCCOCCOCCOCCCCCOCCOCCNC(=O)CN3C(=O)C=CC3=O)cc2N=C(N)C1. The Hall–Kier alpha value is -4.20. The Morgan fingerprint density at radius 2 is 1.13 bits per heavy atom. The van der Waals surface area contributed by atoms with E-state index in [9.17, 15) is 27.6 Å². The molecular weight excluding hydrogens is 921 g/mol. The summed E-state index contributed by atoms with van der Waals surface area (Å²) in [5.41, 5.74) is 7.75. The Balaban J connectivity index is 1.04. The first kappa shape index (κ1) is 59.1. The largest absolute Gasteiger partial charge is 0.387 e. The summed E-state index contributed by atoms with van der Waals surface area (Å²) in [4.78, 5) is 55.3. The molecule has 2 aliphatic rings. The summed E-state index contributed by atoms with van der Waals surface area (Å²) in [5.74, 6) is -1.24. The normalized spacial score (nSPS) is 13.8. The first-order valence-electron chi connectivity index (χ1n) is 23.9. The summed E-state index contributed by atoms with van der Waals surface area (Å²) in [6.45, 7) is 13.2. The molecule has 0 spiro atoms. The van der Waals surface area contributed by atoms with Crippen molar-refractivity contribution in [2.75, 3.05) is 159 Å². The number of hydrogen-bond donors (Lipinski definition) is 2. The van der Waals surface area contributed by atoms with Crippen molar-refractivity contribution >= 4 is 51.3 Å². The van der Waals surface area contributed by atoms with Gasteiger partial charge in [-0.15, -0.1) is 0 Å². The van der Waals surface area contributed by atoms with Gasteiger partial charge in [-0.3, -0.25) is 24.1 Å². The molecule has 3 N–H and O–H groups in total. The van der Waals surface area contributed by atoms with Crippen LogP contribution in [-0.2, 0) is 71.8 Å². The number of benzene rings is 1. The summed E-state index contributed by atoms with van der Waals surface area (Å²) in [6, 6.07) is 4.67. The highest BCUT2D eigenvalue weighted by Gasteiger charge is 2.26. The molecule has 4 amide bonds. The molecule has 0 radical (unpaired) electrons. The van der Waals surface area contributed by atoms with E-state index >= 15 is 0 Å². The zero-order valence-electron chi connectivity index (χ0n) is 40.9. The molecule has 2 heterocycles. The van der Waals surface area contributed by atoms with Gasteiger partial charge in [-0.05, 0) is 50.3 Å². The molecule has 1 aromatic rings. The Kier molecular flexibility index (Phi) is 30.7. The number of amidine groups is 1. The van der Waals surface area contributed by atoms with Crippen LogP contribution in [-0.4, -0.2) is 211 Å². The van der Waals surface area contributed by atoms with E-state index in [1.807, 2.05) is 18.7 Å². The Labute approximate surface area is 407 Å². The van der Waals surface area contributed by atoms with Gasteiger partial charge in [-0.25, -0.2) is 13.4 Å². The second-order valence-electron chi connectivity index (χ2n) is 15.8. The standard InChI is InChI=1S/C47H76N6O15S/c1-4-14-52(15-5-2)47(57)40-35-39-9-10-41(37-42(39)50-43(48)36-40)69(58,59)51(3)16-20-63-24-26-65-28-30-67-32-34-68-33-31-66-29-27-64-25-22-61-18-8-6-7-17-60-21-23-62-19-13-49-44(54)38-53-45(55)11-12-46(53)56/h9-12,35,37H,4-8,13-34,36,38H2,1-3H3,(H2,48,50)(H,49,54). The smallest absolute Gasteiger partial charge is 0.254 e. The molecule has 0 aliphatic carbocycles. The molecule has 390 valence electrons. The number of hydrogen-bond acceptors (Lipinski definition) is 17. The molecule has 0 fully saturated rings. The molecule has 0 atom stereocenters. The minimum Gasteiger partial charge on any atom is -0.387 e. The first-order chi connectivity index (χ1) is 33.5. The third-order valence-electron chi connectivity index (χ3n) is 10.2. The molecule has 0 unspecified atom stereocenters. The lowest BCUT2D eigenvalue weighted by Gasteiger charge is -2.22. The van der Waals surface area contributed by atoms with E-state index in [-0.39, 0.29) is 49.3 Å². The average Bonchev–Trinajstić information content (AvgIpc) is 3.53. The molecular formula is C47H76N6O15S. The van der Waals surface area contributed by atoms with E-state index in [0.717, 1.165) is 49.2 Å². The third-order valence-corrected chi connectivity index (χ3v) is 12.1. The van der Waals surface area contributed by atoms with E-state index in [4.69, 9.17) is 48.4 Å². The van der Waals surface area contributed by atoms with Crippen molar-refractivity contribution < 1.29 is 70.2 Å². The number of imide groups is 1. The number of carbonyl (C=O) groups is 4. The summed E-state index contributed by atoms with van der Waals surface area (Å²) >= 11 is 0. The van der Waals surface area contributed by atoms with Crippen LogP contribution in [0.4, 0.5) is 5.69 Å². The molecule has 21 nitrogen and oxygen atoms in total. The molecule has 0 aromatic heterocycles. The van der Waals surface area contributed by atoms with Gasteiger partial charge in [0.1, 0.15) is 12.4 Å². The predicted molar refractivity (Wildman–Crippen MR) is 257 cm³/mol. The highest BCUT2D eigenvalue weighted by molar-refractivity contribution is 7.89. The zero-order chi connectivity index (χ0) is 50.0. The lowest BCUT2D eigenvalue weighted by Crippen LogP contribution is -2.41. The van der Waals surface area contributed by atoms with Gasteiger partial charge >= 0.3 is 0 Å². The summed E-state index contributed by atoms with van der Waals surface area (Å²) in [7, 11) is -2.35. The van der Waals surface area contributed by atoms with Crippen LogP contribution >= 0.6 is 0 Å². The quantitative estimate of drug-likeness (QED) is 0.0704. The molecule has 3 rings (SSSR count). The van der Waals surface area contributed by atoms with Gasteiger partial charge in [0.25, 0.3) is 11.8 Å². The summed E-state index contributed by atoms with van der Waals surface area (Å²) < 4.78 is 77.8. The van der Waals surface area contributed by atoms with Crippen molar-refractivity contribution in [3.8, 4) is 0 Å². The second-order valence-corrected chi connectivity index (χ2v) is 17.9. The summed E-state index contributed by atoms with van der Waals surface area (Å²) in [6.07, 6.45) is 8.74. The molecule has 0 bridgehead atoms. The highest BCUT2D eigenvalue weighted by Crippen LogP contribution is 2.30. The topological polar surface area (TPSA) is 246 Å². The second kappa shape index (κ2) is 35.8. The van der Waals surface area contributed by atoms with Crippen LogP contribution in [0.5, 0.6) is 0 Å². The number of ether oxygens (including phenoxy) is 9. The van der Waals surface area contributed by atoms with E-state index < -0.39 is 27.7 Å². The van der Waals surface area contributed by atoms with Crippen LogP contribution in [0.15, 0.2) is 45.8 Å². The number of nitrogens with zero attached hydrogens (tertiary/aromatic N) is 4. The highest BCUT2D eigenvalue weighted by atomic mass is 32.2. The van der Waals surface area contributed by atoms with Crippen molar-refractivity contribution in [2.45, 2.75) is 57.3 Å². The minimum absolute atomic E-state index is 0.0741. The Morgan fingerprint density at radius 3 is 1.62 bits per heavy atom. The number of fused-ring (bicyclic) bond motifs is 1. The van der Waals surface area contributed by atoms with Crippen LogP contribution in [0.3, 0.4) is 0 Å². The van der Waals surface area contributed by atoms with Gasteiger partial charge in [-0.1, -0.05) is 19.9 Å². The molecule has 1 aromatic carbocycles. The van der Waals surface area contributed by atoms with Crippen LogP contribution in [0.1, 0.15) is 57.9 Å². The van der Waals surface area contributed by atoms with Crippen LogP contribution in [0, 0.1) is 0 Å². The molecule has 69 heavy (non-hydrogen) atoms. The van der Waals surface area contributed by atoms with Crippen LogP contribution < -0.4 is 11.1 Å². The van der Waals surface area contributed by atoms with Gasteiger partial charge in [-0.2, -0.15) is 4.31 Å². The average molecular weight is 997 g/mol. The fourth-order valence-corrected chi connectivity index (χ4v) is 7.77. The number of nitrogens with two attached hydrogens (primary N) is 1. The van der Waals surface area contributed by atoms with E-state index in [1.54, 1.807) is 12.1 Å². The number of nitrogens with one attached hydrogen (secondary N) is 1. The van der Waals surface area contributed by atoms with Gasteiger partial charge < -0.3 is 58.6 Å². The fourth-order valence-electron chi connectivity index (χ4n) is 6.60. The Bertz CT molecular complexity index is 1860. The van der Waals surface area contributed by atoms with Crippen LogP contribution in [0.2, 0.25) is 0 Å². The number of sulfonamides is 1. The summed E-state index contributed by atoms with van der Waals surface area (Å²) in [5, 5.41) is 2.61. The monoisotopic (exact) mass is 997 g/mol.